The Morgan fingerprint density at radius 2 is 1.86 bits per heavy atom. The summed E-state index contributed by atoms with van der Waals surface area (Å²) in [7, 11) is -3.22. The Kier molecular flexibility index (Phi) is 6.21. The molecule has 1 aliphatic carbocycles. The van der Waals surface area contributed by atoms with E-state index in [4.69, 9.17) is 0 Å². The molecule has 1 atom stereocenters. The van der Waals surface area contributed by atoms with Crippen LogP contribution in [0.2, 0.25) is 0 Å². The summed E-state index contributed by atoms with van der Waals surface area (Å²) in [6, 6.07) is 10.0. The normalized spacial score (nSPS) is 19.1. The molecule has 0 aromatic heterocycles. The second-order valence-electron chi connectivity index (χ2n) is 6.32. The lowest BCUT2D eigenvalue weighted by atomic mass is 9.81. The van der Waals surface area contributed by atoms with Gasteiger partial charge >= 0.3 is 0 Å². The predicted octanol–water partition coefficient (Wildman–Crippen LogP) is 3.49. The molecule has 2 rings (SSSR count). The van der Waals surface area contributed by atoms with Crippen LogP contribution < -0.4 is 0 Å². The summed E-state index contributed by atoms with van der Waals surface area (Å²) in [5.41, 5.74) is 1.89. The van der Waals surface area contributed by atoms with Crippen LogP contribution in [0.5, 0.6) is 0 Å². The van der Waals surface area contributed by atoms with E-state index in [9.17, 15) is 13.5 Å². The number of aliphatic hydroxyl groups excluding tert-OH is 1. The van der Waals surface area contributed by atoms with Crippen LogP contribution in [0.4, 0.5) is 0 Å². The monoisotopic (exact) mass is 322 g/mol. The van der Waals surface area contributed by atoms with Gasteiger partial charge in [0.05, 0.1) is 6.10 Å². The summed E-state index contributed by atoms with van der Waals surface area (Å²) in [5, 5.41) is 11.9. The molecule has 0 radical (unpaired) electrons. The largest absolute Gasteiger partial charge is 0.389 e. The fourth-order valence-corrected chi connectivity index (χ4v) is 4.09. The van der Waals surface area contributed by atoms with Crippen LogP contribution in [0, 0.1) is 5.92 Å². The first-order valence-electron chi connectivity index (χ1n) is 8.09. The molecular formula is C18H26O3S. The maximum atomic E-state index is 11.7. The molecule has 0 aliphatic heterocycles. The van der Waals surface area contributed by atoms with E-state index in [2.05, 4.69) is 0 Å². The Bertz CT molecular complexity index is 584. The molecule has 1 N–H and O–H groups in total. The van der Waals surface area contributed by atoms with Gasteiger partial charge in [-0.25, -0.2) is 8.42 Å². The molecular weight excluding hydrogens is 296 g/mol. The molecule has 0 saturated heterocycles. The second-order valence-corrected chi connectivity index (χ2v) is 8.22. The van der Waals surface area contributed by atoms with Crippen molar-refractivity contribution >= 4 is 9.84 Å². The van der Waals surface area contributed by atoms with Gasteiger partial charge in [0.25, 0.3) is 0 Å². The van der Waals surface area contributed by atoms with E-state index >= 15 is 0 Å². The van der Waals surface area contributed by atoms with E-state index in [1.54, 1.807) is 0 Å². The van der Waals surface area contributed by atoms with Gasteiger partial charge in [-0.3, -0.25) is 0 Å². The Morgan fingerprint density at radius 3 is 2.45 bits per heavy atom. The molecule has 122 valence electrons. The van der Waals surface area contributed by atoms with E-state index in [-0.39, 0.29) is 5.92 Å². The number of hydrogen-bond acceptors (Lipinski definition) is 3. The maximum absolute atomic E-state index is 11.7. The number of aryl methyl sites for hydroxylation is 1. The maximum Gasteiger partial charge on any atom is 0.168 e. The van der Waals surface area contributed by atoms with E-state index in [0.29, 0.717) is 6.42 Å². The van der Waals surface area contributed by atoms with Gasteiger partial charge in [0.1, 0.15) is 0 Å². The molecule has 1 aromatic rings. The van der Waals surface area contributed by atoms with Gasteiger partial charge < -0.3 is 5.11 Å². The molecule has 0 amide bonds. The van der Waals surface area contributed by atoms with Gasteiger partial charge in [0.15, 0.2) is 9.84 Å². The second kappa shape index (κ2) is 7.93. The molecule has 0 heterocycles. The Hall–Kier alpha value is -1.13. The minimum atomic E-state index is -3.22. The molecule has 22 heavy (non-hydrogen) atoms. The summed E-state index contributed by atoms with van der Waals surface area (Å²) < 4.78 is 23.4. The van der Waals surface area contributed by atoms with Crippen molar-refractivity contribution < 1.29 is 13.5 Å². The number of aliphatic hydroxyl groups is 1. The van der Waals surface area contributed by atoms with Crippen LogP contribution in [-0.2, 0) is 16.3 Å². The highest BCUT2D eigenvalue weighted by Crippen LogP contribution is 2.33. The minimum Gasteiger partial charge on any atom is -0.389 e. The first-order chi connectivity index (χ1) is 10.5. The van der Waals surface area contributed by atoms with Gasteiger partial charge in [-0.2, -0.15) is 0 Å². The van der Waals surface area contributed by atoms with Crippen molar-refractivity contribution in [2.75, 3.05) is 6.26 Å². The summed E-state index contributed by atoms with van der Waals surface area (Å²) in [6.07, 6.45) is 7.31. The van der Waals surface area contributed by atoms with Crippen molar-refractivity contribution in [1.82, 2.24) is 0 Å². The third-order valence-corrected chi connectivity index (χ3v) is 5.06. The van der Waals surface area contributed by atoms with E-state index in [1.807, 2.05) is 30.3 Å². The lowest BCUT2D eigenvalue weighted by molar-refractivity contribution is 0.179. The number of rotatable bonds is 6. The van der Waals surface area contributed by atoms with E-state index in [1.165, 1.54) is 23.6 Å². The first-order valence-corrected chi connectivity index (χ1v) is 10.0. The third kappa shape index (κ3) is 5.58. The van der Waals surface area contributed by atoms with Crippen LogP contribution >= 0.6 is 0 Å². The highest BCUT2D eigenvalue weighted by Gasteiger charge is 2.24. The highest BCUT2D eigenvalue weighted by atomic mass is 32.2. The molecule has 1 aromatic carbocycles. The zero-order valence-corrected chi connectivity index (χ0v) is 14.1. The minimum absolute atomic E-state index is 0.217. The average Bonchev–Trinajstić information content (AvgIpc) is 2.51. The fraction of sp³-hybridized carbons (Fsp3) is 0.556. The standard InChI is InChI=1S/C18H26O3S/c1-22(20,21)14-17(16-10-6-3-7-11-16)18(19)13-12-15-8-4-2-5-9-15/h2,4-5,8-9,14,16,18-19H,3,6-7,10-13H2,1H3. The van der Waals surface area contributed by atoms with Crippen LogP contribution in [0.25, 0.3) is 0 Å². The average molecular weight is 322 g/mol. The lowest BCUT2D eigenvalue weighted by Crippen LogP contribution is -2.22. The zero-order valence-electron chi connectivity index (χ0n) is 13.2. The van der Waals surface area contributed by atoms with Crippen molar-refractivity contribution in [3.63, 3.8) is 0 Å². The van der Waals surface area contributed by atoms with Gasteiger partial charge in [-0.15, -0.1) is 0 Å². The summed E-state index contributed by atoms with van der Waals surface area (Å²) in [4.78, 5) is 0. The van der Waals surface area contributed by atoms with Crippen molar-refractivity contribution in [1.29, 1.82) is 0 Å². The van der Waals surface area contributed by atoms with Gasteiger partial charge in [0, 0.05) is 11.7 Å². The molecule has 0 spiro atoms. The number of benzene rings is 1. The molecule has 0 bridgehead atoms. The van der Waals surface area contributed by atoms with Crippen LogP contribution in [0.3, 0.4) is 0 Å². The quantitative estimate of drug-likeness (QED) is 0.872. The van der Waals surface area contributed by atoms with E-state index in [0.717, 1.165) is 37.7 Å². The van der Waals surface area contributed by atoms with Gasteiger partial charge in [-0.05, 0) is 42.7 Å². The summed E-state index contributed by atoms with van der Waals surface area (Å²) >= 11 is 0. The smallest absolute Gasteiger partial charge is 0.168 e. The molecule has 1 saturated carbocycles. The Labute approximate surface area is 134 Å². The predicted molar refractivity (Wildman–Crippen MR) is 90.3 cm³/mol. The zero-order chi connectivity index (χ0) is 16.0. The van der Waals surface area contributed by atoms with Crippen molar-refractivity contribution in [2.24, 2.45) is 5.92 Å². The Balaban J connectivity index is 2.08. The van der Waals surface area contributed by atoms with Gasteiger partial charge in [0.2, 0.25) is 0 Å². The Morgan fingerprint density at radius 1 is 1.23 bits per heavy atom. The molecule has 4 heteroatoms. The number of sulfone groups is 1. The summed E-state index contributed by atoms with van der Waals surface area (Å²) in [5.74, 6) is 0.217. The van der Waals surface area contributed by atoms with Crippen LogP contribution in [0.1, 0.15) is 44.1 Å². The van der Waals surface area contributed by atoms with Crippen LogP contribution in [-0.4, -0.2) is 25.9 Å². The lowest BCUT2D eigenvalue weighted by Gasteiger charge is -2.27. The molecule has 1 unspecified atom stereocenters. The highest BCUT2D eigenvalue weighted by molar-refractivity contribution is 7.93. The van der Waals surface area contributed by atoms with Crippen molar-refractivity contribution in [2.45, 2.75) is 51.0 Å². The third-order valence-electron chi connectivity index (χ3n) is 4.36. The first kappa shape index (κ1) is 17.2. The molecule has 1 fully saturated rings. The topological polar surface area (TPSA) is 54.4 Å². The SMILES string of the molecule is CS(=O)(=O)C=C(C(O)CCc1ccccc1)C1CCCCC1. The van der Waals surface area contributed by atoms with Crippen molar-refractivity contribution in [3.05, 3.63) is 46.9 Å². The van der Waals surface area contributed by atoms with Gasteiger partial charge in [-0.1, -0.05) is 49.6 Å². The summed E-state index contributed by atoms with van der Waals surface area (Å²) in [6.45, 7) is 0. The van der Waals surface area contributed by atoms with Crippen molar-refractivity contribution in [3.8, 4) is 0 Å². The molecule has 3 nitrogen and oxygen atoms in total. The molecule has 1 aliphatic rings. The van der Waals surface area contributed by atoms with E-state index < -0.39 is 15.9 Å². The fourth-order valence-electron chi connectivity index (χ4n) is 3.24. The number of hydrogen-bond donors (Lipinski definition) is 1. The van der Waals surface area contributed by atoms with Crippen LogP contribution in [0.15, 0.2) is 41.3 Å².